The standard InChI is InChI=1S/C21H20F3N7O/c1-3-14-15-10-26-29-17(15)9-8-16(14)27-20-28-18(30-31(20)2)12-4-6-13(7-5-12)19(32)25-11-21(22,23)24/h4-10H,3,11H2,1-2H3,(H,25,32)(H,26,29)(H,27,28,30). The lowest BCUT2D eigenvalue weighted by molar-refractivity contribution is -0.123. The van der Waals surface area contributed by atoms with Crippen LogP contribution >= 0.6 is 0 Å². The number of aromatic nitrogens is 5. The Labute approximate surface area is 180 Å². The minimum atomic E-state index is -4.46. The summed E-state index contributed by atoms with van der Waals surface area (Å²) in [6.45, 7) is 0.677. The van der Waals surface area contributed by atoms with Crippen molar-refractivity contribution in [1.82, 2.24) is 30.3 Å². The summed E-state index contributed by atoms with van der Waals surface area (Å²) in [6.07, 6.45) is -1.88. The number of carbonyl (C=O) groups is 1. The number of alkyl halides is 3. The molecule has 2 heterocycles. The minimum Gasteiger partial charge on any atom is -0.343 e. The molecule has 1 amide bonds. The summed E-state index contributed by atoms with van der Waals surface area (Å²) in [5.41, 5.74) is 3.68. The zero-order chi connectivity index (χ0) is 22.9. The Hall–Kier alpha value is -3.89. The largest absolute Gasteiger partial charge is 0.405 e. The van der Waals surface area contributed by atoms with Gasteiger partial charge in [0.25, 0.3) is 5.91 Å². The smallest absolute Gasteiger partial charge is 0.343 e. The predicted octanol–water partition coefficient (Wildman–Crippen LogP) is 3.96. The first-order valence-electron chi connectivity index (χ1n) is 9.83. The zero-order valence-corrected chi connectivity index (χ0v) is 17.3. The van der Waals surface area contributed by atoms with E-state index in [0.717, 1.165) is 28.6 Å². The number of aryl methyl sites for hydroxylation is 2. The first-order chi connectivity index (χ1) is 15.2. The van der Waals surface area contributed by atoms with E-state index in [1.807, 2.05) is 17.4 Å². The van der Waals surface area contributed by atoms with Crippen molar-refractivity contribution in [3.05, 3.63) is 53.7 Å². The summed E-state index contributed by atoms with van der Waals surface area (Å²) in [7, 11) is 1.75. The Bertz CT molecular complexity index is 1260. The van der Waals surface area contributed by atoms with E-state index < -0.39 is 18.6 Å². The molecule has 0 unspecified atom stereocenters. The maximum absolute atomic E-state index is 12.3. The fourth-order valence-corrected chi connectivity index (χ4v) is 3.36. The Morgan fingerprint density at radius 1 is 1.16 bits per heavy atom. The molecule has 0 atom stereocenters. The second-order valence-corrected chi connectivity index (χ2v) is 7.16. The third kappa shape index (κ3) is 4.41. The summed E-state index contributed by atoms with van der Waals surface area (Å²) >= 11 is 0. The molecule has 32 heavy (non-hydrogen) atoms. The molecule has 8 nitrogen and oxygen atoms in total. The second kappa shape index (κ2) is 8.33. The summed E-state index contributed by atoms with van der Waals surface area (Å²) in [5, 5.41) is 17.6. The van der Waals surface area contributed by atoms with Crippen LogP contribution < -0.4 is 10.6 Å². The molecule has 0 spiro atoms. The van der Waals surface area contributed by atoms with Crippen molar-refractivity contribution in [2.45, 2.75) is 19.5 Å². The molecule has 11 heteroatoms. The van der Waals surface area contributed by atoms with E-state index in [9.17, 15) is 18.0 Å². The number of anilines is 2. The molecule has 0 saturated heterocycles. The van der Waals surface area contributed by atoms with Gasteiger partial charge in [-0.25, -0.2) is 4.68 Å². The summed E-state index contributed by atoms with van der Waals surface area (Å²) < 4.78 is 38.4. The van der Waals surface area contributed by atoms with Gasteiger partial charge in [-0.3, -0.25) is 9.89 Å². The van der Waals surface area contributed by atoms with Gasteiger partial charge in [0.1, 0.15) is 6.54 Å². The van der Waals surface area contributed by atoms with Gasteiger partial charge in [-0.05, 0) is 36.2 Å². The van der Waals surface area contributed by atoms with Crippen LogP contribution in [0.15, 0.2) is 42.6 Å². The number of rotatable bonds is 6. The number of hydrogen-bond donors (Lipinski definition) is 3. The molecule has 0 fully saturated rings. The number of nitrogens with one attached hydrogen (secondary N) is 3. The van der Waals surface area contributed by atoms with Crippen molar-refractivity contribution in [3.63, 3.8) is 0 Å². The van der Waals surface area contributed by atoms with E-state index in [4.69, 9.17) is 0 Å². The molecule has 3 N–H and O–H groups in total. The van der Waals surface area contributed by atoms with Crippen molar-refractivity contribution in [1.29, 1.82) is 0 Å². The van der Waals surface area contributed by atoms with Crippen molar-refractivity contribution < 1.29 is 18.0 Å². The summed E-state index contributed by atoms with van der Waals surface area (Å²) in [6, 6.07) is 9.94. The normalized spacial score (nSPS) is 11.7. The maximum Gasteiger partial charge on any atom is 0.405 e. The van der Waals surface area contributed by atoms with Gasteiger partial charge in [0.2, 0.25) is 5.95 Å². The highest BCUT2D eigenvalue weighted by Crippen LogP contribution is 2.28. The van der Waals surface area contributed by atoms with Crippen LogP contribution in [0.5, 0.6) is 0 Å². The zero-order valence-electron chi connectivity index (χ0n) is 17.3. The molecule has 166 valence electrons. The lowest BCUT2D eigenvalue weighted by Gasteiger charge is -2.10. The lowest BCUT2D eigenvalue weighted by atomic mass is 10.1. The van der Waals surface area contributed by atoms with E-state index in [1.54, 1.807) is 30.1 Å². The van der Waals surface area contributed by atoms with Gasteiger partial charge in [-0.15, -0.1) is 5.10 Å². The first kappa shape index (κ1) is 21.3. The molecule has 0 aliphatic heterocycles. The highest BCUT2D eigenvalue weighted by atomic mass is 19.4. The van der Waals surface area contributed by atoms with Crippen LogP contribution in [0, 0.1) is 0 Å². The van der Waals surface area contributed by atoms with Crippen LogP contribution in [0.25, 0.3) is 22.3 Å². The Kier molecular flexibility index (Phi) is 5.56. The molecule has 0 saturated carbocycles. The molecular formula is C21H20F3N7O. The van der Waals surface area contributed by atoms with Crippen LogP contribution in [-0.4, -0.2) is 43.6 Å². The number of hydrogen-bond acceptors (Lipinski definition) is 5. The predicted molar refractivity (Wildman–Crippen MR) is 114 cm³/mol. The highest BCUT2D eigenvalue weighted by molar-refractivity contribution is 5.94. The van der Waals surface area contributed by atoms with Gasteiger partial charge in [0.05, 0.1) is 11.7 Å². The molecule has 0 aliphatic rings. The first-order valence-corrected chi connectivity index (χ1v) is 9.83. The molecule has 2 aromatic heterocycles. The lowest BCUT2D eigenvalue weighted by Crippen LogP contribution is -2.33. The second-order valence-electron chi connectivity index (χ2n) is 7.16. The van der Waals surface area contributed by atoms with Gasteiger partial charge < -0.3 is 10.6 Å². The van der Waals surface area contributed by atoms with E-state index in [-0.39, 0.29) is 5.56 Å². The maximum atomic E-state index is 12.3. The highest BCUT2D eigenvalue weighted by Gasteiger charge is 2.27. The quantitative estimate of drug-likeness (QED) is 0.419. The average molecular weight is 443 g/mol. The van der Waals surface area contributed by atoms with E-state index in [2.05, 4.69) is 32.5 Å². The number of carbonyl (C=O) groups excluding carboxylic acids is 1. The van der Waals surface area contributed by atoms with Crippen molar-refractivity contribution in [2.75, 3.05) is 11.9 Å². The molecule has 4 rings (SSSR count). The summed E-state index contributed by atoms with van der Waals surface area (Å²) in [4.78, 5) is 16.4. The van der Waals surface area contributed by atoms with E-state index in [1.165, 1.54) is 12.1 Å². The number of fused-ring (bicyclic) bond motifs is 1. The Morgan fingerprint density at radius 3 is 2.59 bits per heavy atom. The Morgan fingerprint density at radius 2 is 1.91 bits per heavy atom. The van der Waals surface area contributed by atoms with Crippen molar-refractivity contribution in [2.24, 2.45) is 7.05 Å². The van der Waals surface area contributed by atoms with Crippen LogP contribution in [0.4, 0.5) is 24.8 Å². The fourth-order valence-electron chi connectivity index (χ4n) is 3.36. The van der Waals surface area contributed by atoms with Gasteiger partial charge in [0.15, 0.2) is 5.82 Å². The number of nitrogens with zero attached hydrogens (tertiary/aromatic N) is 4. The fraction of sp³-hybridized carbons (Fsp3) is 0.238. The molecule has 4 aromatic rings. The number of amides is 1. The van der Waals surface area contributed by atoms with Gasteiger partial charge >= 0.3 is 6.18 Å². The number of H-pyrrole nitrogens is 1. The Balaban J connectivity index is 1.53. The van der Waals surface area contributed by atoms with Gasteiger partial charge in [-0.2, -0.15) is 23.3 Å². The minimum absolute atomic E-state index is 0.119. The average Bonchev–Trinajstić information content (AvgIpc) is 3.38. The monoisotopic (exact) mass is 443 g/mol. The van der Waals surface area contributed by atoms with Crippen LogP contribution in [0.2, 0.25) is 0 Å². The van der Waals surface area contributed by atoms with Crippen LogP contribution in [0.1, 0.15) is 22.8 Å². The van der Waals surface area contributed by atoms with Crippen LogP contribution in [0.3, 0.4) is 0 Å². The summed E-state index contributed by atoms with van der Waals surface area (Å²) in [5.74, 6) is 0.135. The van der Waals surface area contributed by atoms with E-state index in [0.29, 0.717) is 17.3 Å². The van der Waals surface area contributed by atoms with Crippen LogP contribution in [-0.2, 0) is 13.5 Å². The number of benzene rings is 2. The number of aromatic amines is 1. The molecule has 0 aliphatic carbocycles. The molecular weight excluding hydrogens is 423 g/mol. The molecule has 0 radical (unpaired) electrons. The van der Waals surface area contributed by atoms with Crippen molar-refractivity contribution in [3.8, 4) is 11.4 Å². The number of halogens is 3. The topological polar surface area (TPSA) is 101 Å². The van der Waals surface area contributed by atoms with Crippen molar-refractivity contribution >= 4 is 28.4 Å². The molecule has 2 aromatic carbocycles. The molecule has 0 bridgehead atoms. The van der Waals surface area contributed by atoms with Gasteiger partial charge in [0, 0.05) is 29.2 Å². The van der Waals surface area contributed by atoms with E-state index >= 15 is 0 Å². The third-order valence-corrected chi connectivity index (χ3v) is 4.95. The SMILES string of the molecule is CCc1c(Nc2nc(-c3ccc(C(=O)NCC(F)(F)F)cc3)nn2C)ccc2[nH]ncc12. The van der Waals surface area contributed by atoms with Gasteiger partial charge in [-0.1, -0.05) is 19.1 Å². The third-order valence-electron chi connectivity index (χ3n) is 4.95.